The average Bonchev–Trinajstić information content (AvgIpc) is 2.55. The highest BCUT2D eigenvalue weighted by atomic mass is 16.5. The smallest absolute Gasteiger partial charge is 0.329 e. The maximum absolute atomic E-state index is 11.4. The van der Waals surface area contributed by atoms with Crippen LogP contribution < -0.4 is 20.2 Å². The van der Waals surface area contributed by atoms with Crippen molar-refractivity contribution in [2.24, 2.45) is 5.10 Å². The Bertz CT molecular complexity index is 585. The van der Waals surface area contributed by atoms with Gasteiger partial charge in [0.25, 0.3) is 0 Å². The number of nitrogens with one attached hydrogen (secondary N) is 2. The summed E-state index contributed by atoms with van der Waals surface area (Å²) in [6.45, 7) is 8.45. The summed E-state index contributed by atoms with van der Waals surface area (Å²) in [5.74, 6) is -0.393. The molecule has 23 heavy (non-hydrogen) atoms. The van der Waals surface area contributed by atoms with E-state index in [-0.39, 0.29) is 6.54 Å². The van der Waals surface area contributed by atoms with E-state index in [9.17, 15) is 9.59 Å². The monoisotopic (exact) mass is 319 g/mol. The molecule has 0 bridgehead atoms. The largest absolute Gasteiger partial charge is 0.490 e. The van der Waals surface area contributed by atoms with Gasteiger partial charge in [0.15, 0.2) is 11.5 Å². The molecule has 1 rings (SSSR count). The highest BCUT2D eigenvalue weighted by Crippen LogP contribution is 2.27. The van der Waals surface area contributed by atoms with Gasteiger partial charge in [-0.1, -0.05) is 6.08 Å². The van der Waals surface area contributed by atoms with E-state index in [2.05, 4.69) is 22.4 Å². The van der Waals surface area contributed by atoms with Gasteiger partial charge in [0.2, 0.25) is 0 Å². The van der Waals surface area contributed by atoms with Gasteiger partial charge < -0.3 is 14.8 Å². The van der Waals surface area contributed by atoms with Crippen LogP contribution in [-0.4, -0.2) is 37.8 Å². The molecule has 0 aliphatic carbocycles. The zero-order valence-electron chi connectivity index (χ0n) is 13.3. The lowest BCUT2D eigenvalue weighted by molar-refractivity contribution is -0.139. The SMILES string of the molecule is C=CCNC(=O)C(=O)N/N=C\c1ccc(OCC)c(OCC)c1. The van der Waals surface area contributed by atoms with E-state index in [1.54, 1.807) is 18.2 Å². The van der Waals surface area contributed by atoms with Crippen molar-refractivity contribution in [1.29, 1.82) is 0 Å². The van der Waals surface area contributed by atoms with Gasteiger partial charge in [0.05, 0.1) is 19.4 Å². The fourth-order valence-electron chi connectivity index (χ4n) is 1.61. The number of hydrogen-bond acceptors (Lipinski definition) is 5. The molecule has 0 aromatic heterocycles. The number of ether oxygens (including phenoxy) is 2. The van der Waals surface area contributed by atoms with E-state index >= 15 is 0 Å². The molecule has 2 amide bonds. The van der Waals surface area contributed by atoms with Gasteiger partial charge >= 0.3 is 11.8 Å². The lowest BCUT2D eigenvalue weighted by atomic mass is 10.2. The lowest BCUT2D eigenvalue weighted by Gasteiger charge is -2.11. The van der Waals surface area contributed by atoms with Crippen molar-refractivity contribution in [3.63, 3.8) is 0 Å². The van der Waals surface area contributed by atoms with Crippen molar-refractivity contribution in [2.75, 3.05) is 19.8 Å². The minimum atomic E-state index is -0.848. The molecule has 2 N–H and O–H groups in total. The molecule has 0 spiro atoms. The predicted octanol–water partition coefficient (Wildman–Crippen LogP) is 1.24. The van der Waals surface area contributed by atoms with Gasteiger partial charge in [-0.15, -0.1) is 6.58 Å². The Morgan fingerprint density at radius 1 is 1.17 bits per heavy atom. The normalized spacial score (nSPS) is 10.2. The lowest BCUT2D eigenvalue weighted by Crippen LogP contribution is -2.37. The van der Waals surface area contributed by atoms with Crippen LogP contribution in [0.1, 0.15) is 19.4 Å². The molecule has 0 saturated carbocycles. The van der Waals surface area contributed by atoms with Crippen molar-refractivity contribution in [3.05, 3.63) is 36.4 Å². The summed E-state index contributed by atoms with van der Waals surface area (Å²) in [5.41, 5.74) is 2.84. The van der Waals surface area contributed by atoms with E-state index in [0.717, 1.165) is 0 Å². The first-order chi connectivity index (χ1) is 11.1. The molecule has 0 heterocycles. The predicted molar refractivity (Wildman–Crippen MR) is 87.7 cm³/mol. The number of hydrazone groups is 1. The number of hydrogen-bond donors (Lipinski definition) is 2. The van der Waals surface area contributed by atoms with Gasteiger partial charge in [-0.3, -0.25) is 9.59 Å². The van der Waals surface area contributed by atoms with E-state index < -0.39 is 11.8 Å². The molecule has 124 valence electrons. The van der Waals surface area contributed by atoms with Crippen molar-refractivity contribution in [3.8, 4) is 11.5 Å². The summed E-state index contributed by atoms with van der Waals surface area (Å²) in [6, 6.07) is 5.26. The van der Waals surface area contributed by atoms with E-state index in [1.807, 2.05) is 13.8 Å². The molecule has 7 heteroatoms. The first kappa shape index (κ1) is 18.2. The standard InChI is InChI=1S/C16H21N3O4/c1-4-9-17-15(20)16(21)19-18-11-12-7-8-13(22-5-2)14(10-12)23-6-3/h4,7-8,10-11H,1,5-6,9H2,2-3H3,(H,17,20)(H,19,21)/b18-11-. The van der Waals surface area contributed by atoms with Gasteiger partial charge in [0.1, 0.15) is 0 Å². The van der Waals surface area contributed by atoms with Crippen LogP contribution in [0.2, 0.25) is 0 Å². The Balaban J connectivity index is 2.69. The minimum absolute atomic E-state index is 0.215. The van der Waals surface area contributed by atoms with Crippen LogP contribution in [0.15, 0.2) is 36.0 Å². The second-order valence-corrected chi connectivity index (χ2v) is 4.27. The fraction of sp³-hybridized carbons (Fsp3) is 0.312. The van der Waals surface area contributed by atoms with Crippen LogP contribution in [-0.2, 0) is 9.59 Å². The molecule has 1 aromatic rings. The third-order valence-corrected chi connectivity index (χ3v) is 2.56. The van der Waals surface area contributed by atoms with E-state index in [4.69, 9.17) is 9.47 Å². The van der Waals surface area contributed by atoms with Crippen molar-refractivity contribution in [1.82, 2.24) is 10.7 Å². The highest BCUT2D eigenvalue weighted by molar-refractivity contribution is 6.35. The molecule has 1 aromatic carbocycles. The second kappa shape index (κ2) is 9.99. The van der Waals surface area contributed by atoms with Gasteiger partial charge in [-0.05, 0) is 37.6 Å². The first-order valence-electron chi connectivity index (χ1n) is 7.24. The molecule has 7 nitrogen and oxygen atoms in total. The van der Waals surface area contributed by atoms with Crippen molar-refractivity contribution >= 4 is 18.0 Å². The molecule has 0 unspecified atom stereocenters. The van der Waals surface area contributed by atoms with E-state index in [1.165, 1.54) is 12.3 Å². The van der Waals surface area contributed by atoms with Crippen LogP contribution in [0.25, 0.3) is 0 Å². The molecule has 0 aliphatic rings. The van der Waals surface area contributed by atoms with Gasteiger partial charge in [0, 0.05) is 6.54 Å². The summed E-state index contributed by atoms with van der Waals surface area (Å²) in [5, 5.41) is 6.09. The zero-order valence-corrected chi connectivity index (χ0v) is 13.3. The Labute approximate surface area is 135 Å². The Morgan fingerprint density at radius 3 is 2.52 bits per heavy atom. The zero-order chi connectivity index (χ0) is 17.1. The molecule has 0 fully saturated rings. The van der Waals surface area contributed by atoms with Crippen LogP contribution in [0.4, 0.5) is 0 Å². The molecular weight excluding hydrogens is 298 g/mol. The average molecular weight is 319 g/mol. The van der Waals surface area contributed by atoms with Crippen molar-refractivity contribution < 1.29 is 19.1 Å². The maximum atomic E-state index is 11.4. The first-order valence-corrected chi connectivity index (χ1v) is 7.24. The second-order valence-electron chi connectivity index (χ2n) is 4.27. The molecular formula is C16H21N3O4. The third-order valence-electron chi connectivity index (χ3n) is 2.56. The van der Waals surface area contributed by atoms with Crippen LogP contribution in [0.3, 0.4) is 0 Å². The Kier molecular flexibility index (Phi) is 7.91. The summed E-state index contributed by atoms with van der Waals surface area (Å²) >= 11 is 0. The van der Waals surface area contributed by atoms with Crippen LogP contribution in [0.5, 0.6) is 11.5 Å². The van der Waals surface area contributed by atoms with Gasteiger partial charge in [-0.2, -0.15) is 5.10 Å². The summed E-state index contributed by atoms with van der Waals surface area (Å²) < 4.78 is 10.9. The summed E-state index contributed by atoms with van der Waals surface area (Å²) in [4.78, 5) is 22.8. The Morgan fingerprint density at radius 2 is 1.87 bits per heavy atom. The number of amides is 2. The number of benzene rings is 1. The third kappa shape index (κ3) is 6.21. The van der Waals surface area contributed by atoms with Crippen LogP contribution >= 0.6 is 0 Å². The Hall–Kier alpha value is -2.83. The number of carbonyl (C=O) groups excluding carboxylic acids is 2. The van der Waals surface area contributed by atoms with E-state index in [0.29, 0.717) is 30.3 Å². The quantitative estimate of drug-likeness (QED) is 0.326. The minimum Gasteiger partial charge on any atom is -0.490 e. The van der Waals surface area contributed by atoms with Crippen LogP contribution in [0, 0.1) is 0 Å². The highest BCUT2D eigenvalue weighted by Gasteiger charge is 2.10. The van der Waals surface area contributed by atoms with Crippen molar-refractivity contribution in [2.45, 2.75) is 13.8 Å². The summed E-state index contributed by atoms with van der Waals surface area (Å²) in [7, 11) is 0. The number of rotatable bonds is 8. The topological polar surface area (TPSA) is 89.0 Å². The number of nitrogens with zero attached hydrogens (tertiary/aromatic N) is 1. The number of carbonyl (C=O) groups is 2. The molecule has 0 radical (unpaired) electrons. The summed E-state index contributed by atoms with van der Waals surface area (Å²) in [6.07, 6.45) is 2.89. The fourth-order valence-corrected chi connectivity index (χ4v) is 1.61. The maximum Gasteiger partial charge on any atom is 0.329 e. The molecule has 0 aliphatic heterocycles. The molecule has 0 atom stereocenters. The van der Waals surface area contributed by atoms with Gasteiger partial charge in [-0.25, -0.2) is 5.43 Å². The molecule has 0 saturated heterocycles.